The summed E-state index contributed by atoms with van der Waals surface area (Å²) in [7, 11) is 1.28. The van der Waals surface area contributed by atoms with Crippen LogP contribution < -0.4 is 14.8 Å². The average Bonchev–Trinajstić information content (AvgIpc) is 3.32. The number of carbonyl (C=O) groups is 1. The summed E-state index contributed by atoms with van der Waals surface area (Å²) in [6.45, 7) is 0.197. The van der Waals surface area contributed by atoms with Gasteiger partial charge in [0.1, 0.15) is 22.9 Å². The van der Waals surface area contributed by atoms with Crippen LogP contribution in [0.1, 0.15) is 39.8 Å². The largest absolute Gasteiger partial charge is 0.573 e. The predicted octanol–water partition coefficient (Wildman–Crippen LogP) is 7.29. The van der Waals surface area contributed by atoms with Crippen molar-refractivity contribution in [2.75, 3.05) is 6.54 Å². The Morgan fingerprint density at radius 3 is 1.75 bits per heavy atom. The van der Waals surface area contributed by atoms with Crippen molar-refractivity contribution < 1.29 is 49.4 Å². The molecule has 4 rings (SSSR count). The number of benzene rings is 3. The van der Waals surface area contributed by atoms with Crippen LogP contribution in [-0.4, -0.2) is 35.0 Å². The van der Waals surface area contributed by atoms with Crippen molar-refractivity contribution in [2.45, 2.75) is 37.4 Å². The van der Waals surface area contributed by atoms with Gasteiger partial charge in [0.15, 0.2) is 0 Å². The fourth-order valence-electron chi connectivity index (χ4n) is 4.78. The van der Waals surface area contributed by atoms with Gasteiger partial charge >= 0.3 is 12.7 Å². The van der Waals surface area contributed by atoms with Gasteiger partial charge in [0.05, 0.1) is 0 Å². The predicted molar refractivity (Wildman–Crippen MR) is 142 cm³/mol. The lowest BCUT2D eigenvalue weighted by Crippen LogP contribution is -2.44. The van der Waals surface area contributed by atoms with E-state index < -0.39 is 53.7 Å². The maximum atomic E-state index is 13.9. The Hall–Kier alpha value is -4.62. The minimum atomic E-state index is -5.05. The van der Waals surface area contributed by atoms with Crippen LogP contribution in [0, 0.1) is 0 Å². The van der Waals surface area contributed by atoms with Crippen LogP contribution in [0.15, 0.2) is 84.9 Å². The number of aromatic nitrogens is 2. The first-order valence-corrected chi connectivity index (χ1v) is 12.9. The van der Waals surface area contributed by atoms with Crippen molar-refractivity contribution >= 4 is 5.91 Å². The van der Waals surface area contributed by atoms with E-state index in [9.17, 15) is 39.9 Å². The first-order valence-electron chi connectivity index (χ1n) is 12.9. The van der Waals surface area contributed by atoms with Crippen LogP contribution in [0.4, 0.5) is 35.1 Å². The molecule has 0 unspecified atom stereocenters. The molecule has 0 aliphatic heterocycles. The Labute approximate surface area is 246 Å². The highest BCUT2D eigenvalue weighted by molar-refractivity contribution is 5.92. The molecule has 0 spiro atoms. The molecule has 1 amide bonds. The number of hydrogen-bond donors (Lipinski definition) is 1. The summed E-state index contributed by atoms with van der Waals surface area (Å²) in [5, 5.41) is 6.31. The quantitative estimate of drug-likeness (QED) is 0.188. The molecular weight excluding hydrogens is 602 g/mol. The number of halogens is 8. The summed E-state index contributed by atoms with van der Waals surface area (Å²) in [6.07, 6.45) is -10.1. The zero-order valence-corrected chi connectivity index (χ0v) is 23.1. The van der Waals surface area contributed by atoms with E-state index in [1.807, 2.05) is 0 Å². The Kier molecular flexibility index (Phi) is 8.93. The standard InChI is InChI=1S/C30H25F8N3O3/c1-27(31,32)25-16-24(41(2)40-25)26(42)39-18-28(17-19-8-4-3-5-9-19,20-10-6-12-22(14-20)43-29(33,34)35)21-11-7-13-23(15-21)44-30(36,37)38/h3-16H,17-18H2,1-2H3,(H,39,42). The molecule has 0 bridgehead atoms. The molecule has 4 aromatic rings. The van der Waals surface area contributed by atoms with Gasteiger partial charge in [-0.1, -0.05) is 54.6 Å². The molecular formula is C30H25F8N3O3. The smallest absolute Gasteiger partial charge is 0.406 e. The molecule has 0 saturated carbocycles. The molecule has 14 heteroatoms. The van der Waals surface area contributed by atoms with Crippen molar-refractivity contribution in [1.82, 2.24) is 15.1 Å². The van der Waals surface area contributed by atoms with Crippen LogP contribution in [0.2, 0.25) is 0 Å². The minimum Gasteiger partial charge on any atom is -0.406 e. The van der Waals surface area contributed by atoms with Gasteiger partial charge in [-0.25, -0.2) is 0 Å². The van der Waals surface area contributed by atoms with Gasteiger partial charge in [0, 0.05) is 25.9 Å². The number of ether oxygens (including phenoxy) is 2. The highest BCUT2D eigenvalue weighted by atomic mass is 19.4. The van der Waals surface area contributed by atoms with Gasteiger partial charge in [-0.15, -0.1) is 26.3 Å². The van der Waals surface area contributed by atoms with Gasteiger partial charge in [-0.3, -0.25) is 9.48 Å². The van der Waals surface area contributed by atoms with Crippen molar-refractivity contribution in [3.05, 3.63) is 113 Å². The summed E-state index contributed by atoms with van der Waals surface area (Å²) in [6, 6.07) is 19.0. The lowest BCUT2D eigenvalue weighted by Gasteiger charge is -2.36. The molecule has 1 aromatic heterocycles. The molecule has 1 N–H and O–H groups in total. The Morgan fingerprint density at radius 1 is 0.773 bits per heavy atom. The van der Waals surface area contributed by atoms with E-state index in [1.54, 1.807) is 30.3 Å². The van der Waals surface area contributed by atoms with Crippen molar-refractivity contribution in [1.29, 1.82) is 0 Å². The van der Waals surface area contributed by atoms with E-state index in [0.29, 0.717) is 12.5 Å². The number of aryl methyl sites for hydroxylation is 1. The minimum absolute atomic E-state index is 0.0390. The maximum absolute atomic E-state index is 13.9. The third kappa shape index (κ3) is 8.05. The second kappa shape index (κ2) is 12.2. The van der Waals surface area contributed by atoms with E-state index >= 15 is 0 Å². The highest BCUT2D eigenvalue weighted by Crippen LogP contribution is 2.40. The van der Waals surface area contributed by atoms with Crippen molar-refractivity contribution in [3.63, 3.8) is 0 Å². The Bertz CT molecular complexity index is 1540. The number of carbonyl (C=O) groups excluding carboxylic acids is 1. The third-order valence-corrected chi connectivity index (χ3v) is 6.70. The van der Waals surface area contributed by atoms with Gasteiger partial charge in [-0.2, -0.15) is 13.9 Å². The fraction of sp³-hybridized carbons (Fsp3) is 0.267. The van der Waals surface area contributed by atoms with Crippen LogP contribution in [-0.2, 0) is 24.8 Å². The van der Waals surface area contributed by atoms with E-state index in [1.165, 1.54) is 31.3 Å². The summed E-state index contributed by atoms with van der Waals surface area (Å²) in [5.41, 5.74) is -1.58. The van der Waals surface area contributed by atoms with Crippen LogP contribution in [0.3, 0.4) is 0 Å². The van der Waals surface area contributed by atoms with Crippen molar-refractivity contribution in [2.24, 2.45) is 7.05 Å². The lowest BCUT2D eigenvalue weighted by atomic mass is 9.70. The Morgan fingerprint density at radius 2 is 1.30 bits per heavy atom. The highest BCUT2D eigenvalue weighted by Gasteiger charge is 2.39. The number of hydrogen-bond acceptors (Lipinski definition) is 4. The molecule has 1 heterocycles. The van der Waals surface area contributed by atoms with Gasteiger partial charge in [-0.05, 0) is 53.4 Å². The summed E-state index contributed by atoms with van der Waals surface area (Å²) < 4.78 is 116. The topological polar surface area (TPSA) is 65.4 Å². The fourth-order valence-corrected chi connectivity index (χ4v) is 4.78. The number of alkyl halides is 8. The summed E-state index contributed by atoms with van der Waals surface area (Å²) in [4.78, 5) is 13.3. The van der Waals surface area contributed by atoms with Gasteiger partial charge < -0.3 is 14.8 Å². The molecule has 234 valence electrons. The third-order valence-electron chi connectivity index (χ3n) is 6.70. The molecule has 0 aliphatic rings. The molecule has 3 aromatic carbocycles. The summed E-state index contributed by atoms with van der Waals surface area (Å²) >= 11 is 0. The molecule has 44 heavy (non-hydrogen) atoms. The van der Waals surface area contributed by atoms with Crippen LogP contribution >= 0.6 is 0 Å². The van der Waals surface area contributed by atoms with E-state index in [-0.39, 0.29) is 23.2 Å². The SMILES string of the molecule is Cn1nc(C(C)(F)F)cc1C(=O)NCC(Cc1ccccc1)(c1cccc(OC(F)(F)F)c1)c1cccc(OC(F)(F)F)c1. The molecule has 0 saturated heterocycles. The monoisotopic (exact) mass is 627 g/mol. The Balaban J connectivity index is 1.88. The summed E-state index contributed by atoms with van der Waals surface area (Å²) in [5.74, 6) is -5.44. The van der Waals surface area contributed by atoms with Crippen LogP contribution in [0.25, 0.3) is 0 Å². The molecule has 6 nitrogen and oxygen atoms in total. The first kappa shape index (κ1) is 32.3. The lowest BCUT2D eigenvalue weighted by molar-refractivity contribution is -0.275. The number of amides is 1. The van der Waals surface area contributed by atoms with E-state index in [0.717, 1.165) is 35.0 Å². The zero-order chi connectivity index (χ0) is 32.3. The first-order chi connectivity index (χ1) is 20.5. The zero-order valence-electron chi connectivity index (χ0n) is 23.1. The van der Waals surface area contributed by atoms with Crippen molar-refractivity contribution in [3.8, 4) is 11.5 Å². The van der Waals surface area contributed by atoms with E-state index in [4.69, 9.17) is 0 Å². The second-order valence-electron chi connectivity index (χ2n) is 10.0. The molecule has 0 radical (unpaired) electrons. The molecule has 0 fully saturated rings. The van der Waals surface area contributed by atoms with E-state index in [2.05, 4.69) is 19.9 Å². The second-order valence-corrected chi connectivity index (χ2v) is 10.0. The maximum Gasteiger partial charge on any atom is 0.573 e. The normalized spacial score (nSPS) is 12.6. The molecule has 0 aliphatic carbocycles. The van der Waals surface area contributed by atoms with Crippen LogP contribution in [0.5, 0.6) is 11.5 Å². The average molecular weight is 628 g/mol. The number of nitrogens with one attached hydrogen (secondary N) is 1. The molecule has 0 atom stereocenters. The van der Waals surface area contributed by atoms with Gasteiger partial charge in [0.25, 0.3) is 11.8 Å². The number of nitrogens with zero attached hydrogens (tertiary/aromatic N) is 2. The number of rotatable bonds is 10. The van der Waals surface area contributed by atoms with Gasteiger partial charge in [0.2, 0.25) is 0 Å².